The van der Waals surface area contributed by atoms with Gasteiger partial charge in [-0.2, -0.15) is 5.10 Å². The Morgan fingerprint density at radius 3 is 2.53 bits per heavy atom. The van der Waals surface area contributed by atoms with Gasteiger partial charge in [-0.15, -0.1) is 0 Å². The minimum absolute atomic E-state index is 0.552. The first-order chi connectivity index (χ1) is 8.95. The second-order valence-electron chi connectivity index (χ2n) is 4.85. The van der Waals surface area contributed by atoms with Crippen molar-refractivity contribution in [1.82, 2.24) is 9.78 Å². The zero-order valence-corrected chi connectivity index (χ0v) is 12.6. The van der Waals surface area contributed by atoms with Gasteiger partial charge in [-0.3, -0.25) is 4.68 Å². The average molecular weight is 325 g/mol. The predicted molar refractivity (Wildman–Crippen MR) is 77.1 cm³/mol. The van der Waals surface area contributed by atoms with Crippen LogP contribution in [0.15, 0.2) is 41.1 Å². The molecule has 4 nitrogen and oxygen atoms in total. The van der Waals surface area contributed by atoms with Crippen molar-refractivity contribution in [2.45, 2.75) is 26.0 Å². The zero-order chi connectivity index (χ0) is 13.9. The molecule has 1 aromatic heterocycles. The molecule has 0 aliphatic rings. The van der Waals surface area contributed by atoms with E-state index in [1.165, 1.54) is 0 Å². The number of nitrogens with zero attached hydrogens (tertiary/aromatic N) is 2. The maximum Gasteiger partial charge on any atom is 0.119 e. The van der Waals surface area contributed by atoms with E-state index in [2.05, 4.69) is 21.0 Å². The molecule has 0 radical (unpaired) electrons. The van der Waals surface area contributed by atoms with Gasteiger partial charge in [0.2, 0.25) is 0 Å². The molecule has 2 rings (SSSR count). The molecule has 0 saturated heterocycles. The van der Waals surface area contributed by atoms with E-state index in [-0.39, 0.29) is 0 Å². The number of halogens is 1. The Morgan fingerprint density at radius 1 is 1.32 bits per heavy atom. The molecule has 2 aromatic rings. The average Bonchev–Trinajstić information content (AvgIpc) is 2.75. The van der Waals surface area contributed by atoms with E-state index in [0.717, 1.165) is 15.8 Å². The van der Waals surface area contributed by atoms with Crippen molar-refractivity contribution < 1.29 is 9.84 Å². The van der Waals surface area contributed by atoms with Crippen molar-refractivity contribution in [3.63, 3.8) is 0 Å². The SMILES string of the molecule is CC(C)(O)c1ccc(OCCn2cc(Br)cn2)cc1. The summed E-state index contributed by atoms with van der Waals surface area (Å²) in [4.78, 5) is 0. The van der Waals surface area contributed by atoms with E-state index >= 15 is 0 Å². The predicted octanol–water partition coefficient (Wildman–Crippen LogP) is 2.95. The Labute approximate surface area is 121 Å². The molecular weight excluding hydrogens is 308 g/mol. The van der Waals surface area contributed by atoms with Gasteiger partial charge in [0.05, 0.1) is 22.8 Å². The molecule has 0 fully saturated rings. The summed E-state index contributed by atoms with van der Waals surface area (Å²) in [6, 6.07) is 7.48. The summed E-state index contributed by atoms with van der Waals surface area (Å²) in [5.74, 6) is 0.791. The van der Waals surface area contributed by atoms with Crippen LogP contribution in [0.3, 0.4) is 0 Å². The smallest absolute Gasteiger partial charge is 0.119 e. The number of ether oxygens (including phenoxy) is 1. The third-order valence-electron chi connectivity index (χ3n) is 2.75. The number of hydrogen-bond donors (Lipinski definition) is 1. The fraction of sp³-hybridized carbons (Fsp3) is 0.357. The van der Waals surface area contributed by atoms with E-state index in [4.69, 9.17) is 4.74 Å². The Kier molecular flexibility index (Phi) is 4.27. The van der Waals surface area contributed by atoms with Gasteiger partial charge in [-0.05, 0) is 47.5 Å². The van der Waals surface area contributed by atoms with Crippen LogP contribution in [-0.4, -0.2) is 21.5 Å². The molecule has 0 spiro atoms. The summed E-state index contributed by atoms with van der Waals surface area (Å²) in [6.07, 6.45) is 3.65. The van der Waals surface area contributed by atoms with Crippen LogP contribution >= 0.6 is 15.9 Å². The molecule has 5 heteroatoms. The van der Waals surface area contributed by atoms with Gasteiger partial charge in [0.1, 0.15) is 12.4 Å². The normalized spacial score (nSPS) is 11.6. The van der Waals surface area contributed by atoms with Crippen LogP contribution in [0.4, 0.5) is 0 Å². The summed E-state index contributed by atoms with van der Waals surface area (Å²) < 4.78 is 8.40. The first-order valence-electron chi connectivity index (χ1n) is 6.09. The second kappa shape index (κ2) is 5.75. The highest BCUT2D eigenvalue weighted by Crippen LogP contribution is 2.22. The lowest BCUT2D eigenvalue weighted by molar-refractivity contribution is 0.0785. The first-order valence-corrected chi connectivity index (χ1v) is 6.88. The summed E-state index contributed by atoms with van der Waals surface area (Å²) in [6.45, 7) is 4.77. The monoisotopic (exact) mass is 324 g/mol. The van der Waals surface area contributed by atoms with Gasteiger partial charge in [0.15, 0.2) is 0 Å². The van der Waals surface area contributed by atoms with Crippen LogP contribution in [0.1, 0.15) is 19.4 Å². The molecule has 1 aromatic carbocycles. The fourth-order valence-corrected chi connectivity index (χ4v) is 2.00. The molecule has 19 heavy (non-hydrogen) atoms. The van der Waals surface area contributed by atoms with Gasteiger partial charge in [0.25, 0.3) is 0 Å². The van der Waals surface area contributed by atoms with E-state index in [0.29, 0.717) is 13.2 Å². The lowest BCUT2D eigenvalue weighted by atomic mass is 9.99. The fourth-order valence-electron chi connectivity index (χ4n) is 1.68. The van der Waals surface area contributed by atoms with E-state index < -0.39 is 5.60 Å². The molecule has 0 unspecified atom stereocenters. The summed E-state index contributed by atoms with van der Waals surface area (Å²) in [5, 5.41) is 14.0. The minimum Gasteiger partial charge on any atom is -0.492 e. The highest BCUT2D eigenvalue weighted by atomic mass is 79.9. The van der Waals surface area contributed by atoms with E-state index in [9.17, 15) is 5.11 Å². The largest absolute Gasteiger partial charge is 0.492 e. The van der Waals surface area contributed by atoms with Crippen LogP contribution in [0.2, 0.25) is 0 Å². The zero-order valence-electron chi connectivity index (χ0n) is 11.0. The Hall–Kier alpha value is -1.33. The van der Waals surface area contributed by atoms with Crippen LogP contribution < -0.4 is 4.74 Å². The van der Waals surface area contributed by atoms with Gasteiger partial charge in [0, 0.05) is 6.20 Å². The molecule has 1 N–H and O–H groups in total. The second-order valence-corrected chi connectivity index (χ2v) is 5.77. The van der Waals surface area contributed by atoms with Crippen molar-refractivity contribution in [2.24, 2.45) is 0 Å². The Morgan fingerprint density at radius 2 is 2.00 bits per heavy atom. The highest BCUT2D eigenvalue weighted by molar-refractivity contribution is 9.10. The van der Waals surface area contributed by atoms with Crippen molar-refractivity contribution >= 4 is 15.9 Å². The molecule has 0 aliphatic heterocycles. The molecule has 0 aliphatic carbocycles. The lowest BCUT2D eigenvalue weighted by Crippen LogP contribution is -2.15. The maximum absolute atomic E-state index is 9.85. The topological polar surface area (TPSA) is 47.3 Å². The van der Waals surface area contributed by atoms with Crippen LogP contribution in [0.5, 0.6) is 5.75 Å². The van der Waals surface area contributed by atoms with E-state index in [1.54, 1.807) is 20.0 Å². The summed E-state index contributed by atoms with van der Waals surface area (Å²) >= 11 is 3.35. The highest BCUT2D eigenvalue weighted by Gasteiger charge is 2.15. The van der Waals surface area contributed by atoms with Crippen molar-refractivity contribution in [3.05, 3.63) is 46.7 Å². The third kappa shape index (κ3) is 4.08. The number of aromatic nitrogens is 2. The number of hydrogen-bond acceptors (Lipinski definition) is 3. The number of benzene rings is 1. The summed E-state index contributed by atoms with van der Waals surface area (Å²) in [5.41, 5.74) is 0.0516. The van der Waals surface area contributed by atoms with Crippen molar-refractivity contribution in [1.29, 1.82) is 0 Å². The number of rotatable bonds is 5. The molecule has 102 valence electrons. The molecular formula is C14H17BrN2O2. The van der Waals surface area contributed by atoms with Crippen molar-refractivity contribution in [2.75, 3.05) is 6.61 Å². The van der Waals surface area contributed by atoms with Gasteiger partial charge in [-0.25, -0.2) is 0 Å². The number of aliphatic hydroxyl groups is 1. The standard InChI is InChI=1S/C14H17BrN2O2/c1-14(2,18)11-3-5-13(6-4-11)19-8-7-17-10-12(15)9-16-17/h3-6,9-10,18H,7-8H2,1-2H3. The lowest BCUT2D eigenvalue weighted by Gasteiger charge is -2.17. The molecule has 0 saturated carbocycles. The van der Waals surface area contributed by atoms with Gasteiger partial charge >= 0.3 is 0 Å². The van der Waals surface area contributed by atoms with Crippen LogP contribution in [0.25, 0.3) is 0 Å². The van der Waals surface area contributed by atoms with Gasteiger partial charge < -0.3 is 9.84 Å². The third-order valence-corrected chi connectivity index (χ3v) is 3.16. The van der Waals surface area contributed by atoms with Gasteiger partial charge in [-0.1, -0.05) is 12.1 Å². The minimum atomic E-state index is -0.820. The van der Waals surface area contributed by atoms with Crippen molar-refractivity contribution in [3.8, 4) is 5.75 Å². The quantitative estimate of drug-likeness (QED) is 0.919. The maximum atomic E-state index is 9.85. The molecule has 1 heterocycles. The summed E-state index contributed by atoms with van der Waals surface area (Å²) in [7, 11) is 0. The molecule has 0 atom stereocenters. The molecule has 0 bridgehead atoms. The van der Waals surface area contributed by atoms with Crippen LogP contribution in [0, 0.1) is 0 Å². The Balaban J connectivity index is 1.86. The van der Waals surface area contributed by atoms with E-state index in [1.807, 2.05) is 35.1 Å². The first kappa shape index (κ1) is 14.1. The Bertz CT molecular complexity index is 529. The molecule has 0 amide bonds. The van der Waals surface area contributed by atoms with Crippen LogP contribution in [-0.2, 0) is 12.1 Å².